The first-order chi connectivity index (χ1) is 17.7. The molecule has 2 N–H and O–H groups in total. The van der Waals surface area contributed by atoms with E-state index in [1.807, 2.05) is 0 Å². The molecule has 4 heterocycles. The fourth-order valence-corrected chi connectivity index (χ4v) is 5.57. The Morgan fingerprint density at radius 3 is 2.76 bits per heavy atom. The summed E-state index contributed by atoms with van der Waals surface area (Å²) >= 11 is 5.98. The van der Waals surface area contributed by atoms with Crippen molar-refractivity contribution >= 4 is 23.1 Å². The monoisotopic (exact) mass is 532 g/mol. The first-order valence-electron chi connectivity index (χ1n) is 11.9. The molecule has 7 nitrogen and oxygen atoms in total. The van der Waals surface area contributed by atoms with Gasteiger partial charge >= 0.3 is 6.18 Å². The van der Waals surface area contributed by atoms with Crippen molar-refractivity contribution < 1.29 is 17.6 Å². The summed E-state index contributed by atoms with van der Waals surface area (Å²) in [7, 11) is 0. The van der Waals surface area contributed by atoms with Crippen molar-refractivity contribution in [1.29, 1.82) is 0 Å². The highest BCUT2D eigenvalue weighted by atomic mass is 35.5. The van der Waals surface area contributed by atoms with E-state index in [2.05, 4.69) is 25.3 Å². The first-order valence-corrected chi connectivity index (χ1v) is 12.3. The van der Waals surface area contributed by atoms with Crippen molar-refractivity contribution in [3.05, 3.63) is 74.8 Å². The first kappa shape index (κ1) is 23.9. The summed E-state index contributed by atoms with van der Waals surface area (Å²) in [6.45, 7) is 0.307. The predicted molar refractivity (Wildman–Crippen MR) is 129 cm³/mol. The Labute approximate surface area is 212 Å². The van der Waals surface area contributed by atoms with Crippen LogP contribution < -0.4 is 10.9 Å². The van der Waals surface area contributed by atoms with Crippen LogP contribution in [0.15, 0.2) is 41.6 Å². The second kappa shape index (κ2) is 8.54. The van der Waals surface area contributed by atoms with Crippen molar-refractivity contribution in [2.24, 2.45) is 5.92 Å². The molecule has 37 heavy (non-hydrogen) atoms. The molecule has 3 aromatic heterocycles. The molecular weight excluding hydrogens is 512 g/mol. The van der Waals surface area contributed by atoms with Crippen LogP contribution >= 0.6 is 11.6 Å². The van der Waals surface area contributed by atoms with E-state index in [1.54, 1.807) is 28.9 Å². The molecule has 0 radical (unpaired) electrons. The molecule has 1 fully saturated rings. The van der Waals surface area contributed by atoms with E-state index < -0.39 is 29.4 Å². The van der Waals surface area contributed by atoms with Gasteiger partial charge in [-0.3, -0.25) is 4.79 Å². The molecule has 0 spiro atoms. The molecule has 1 aliphatic heterocycles. The van der Waals surface area contributed by atoms with Gasteiger partial charge in [0.15, 0.2) is 11.5 Å². The molecule has 0 amide bonds. The number of aromatic amines is 1. The molecule has 1 aromatic carbocycles. The highest BCUT2D eigenvalue weighted by Gasteiger charge is 2.54. The number of benzene rings is 1. The number of hydrogen-bond acceptors (Lipinski definition) is 5. The number of H-pyrrole nitrogens is 1. The lowest BCUT2D eigenvalue weighted by atomic mass is 9.72. The Morgan fingerprint density at radius 2 is 2.03 bits per heavy atom. The van der Waals surface area contributed by atoms with Gasteiger partial charge in [0.05, 0.1) is 16.7 Å². The lowest BCUT2D eigenvalue weighted by molar-refractivity contribution is -0.135. The number of nitrogens with one attached hydrogen (secondary N) is 2. The Balaban J connectivity index is 1.43. The van der Waals surface area contributed by atoms with Gasteiger partial charge < -0.3 is 14.7 Å². The summed E-state index contributed by atoms with van der Waals surface area (Å²) in [5.41, 5.74) is 0.572. The zero-order valence-corrected chi connectivity index (χ0v) is 20.1. The van der Waals surface area contributed by atoms with Crippen LogP contribution in [-0.4, -0.2) is 37.1 Å². The SMILES string of the molecule is O=c1[nH]c(-c2cn3ccnc3c(CCCC(F)(F)F)n2)nc2c1C(c1ccc(Cl)cc1F)(C1CC1)CN2. The molecule has 1 atom stereocenters. The fraction of sp³-hybridized carbons (Fsp3) is 0.360. The van der Waals surface area contributed by atoms with Gasteiger partial charge in [-0.25, -0.2) is 19.3 Å². The number of rotatable bonds is 6. The quantitative estimate of drug-likeness (QED) is 0.330. The van der Waals surface area contributed by atoms with Crippen LogP contribution in [0.3, 0.4) is 0 Å². The van der Waals surface area contributed by atoms with Gasteiger partial charge in [-0.1, -0.05) is 17.7 Å². The summed E-state index contributed by atoms with van der Waals surface area (Å²) in [5, 5.41) is 3.47. The van der Waals surface area contributed by atoms with Crippen molar-refractivity contribution in [2.75, 3.05) is 11.9 Å². The number of hydrogen-bond donors (Lipinski definition) is 2. The van der Waals surface area contributed by atoms with Gasteiger partial charge in [0.1, 0.15) is 17.3 Å². The van der Waals surface area contributed by atoms with Crippen LogP contribution in [0, 0.1) is 11.7 Å². The van der Waals surface area contributed by atoms with Crippen LogP contribution in [0.5, 0.6) is 0 Å². The third kappa shape index (κ3) is 4.14. The summed E-state index contributed by atoms with van der Waals surface area (Å²) in [4.78, 5) is 29.7. The maximum absolute atomic E-state index is 15.1. The molecule has 192 valence electrons. The van der Waals surface area contributed by atoms with Crippen LogP contribution in [0.1, 0.15) is 42.5 Å². The number of halogens is 5. The number of aryl methyl sites for hydroxylation is 1. The smallest absolute Gasteiger partial charge is 0.368 e. The highest BCUT2D eigenvalue weighted by molar-refractivity contribution is 6.30. The van der Waals surface area contributed by atoms with Crippen molar-refractivity contribution in [2.45, 2.75) is 43.7 Å². The van der Waals surface area contributed by atoms with Gasteiger partial charge in [0.25, 0.3) is 5.56 Å². The molecule has 0 saturated heterocycles. The van der Waals surface area contributed by atoms with Gasteiger partial charge in [-0.15, -0.1) is 0 Å². The Hall–Kier alpha value is -3.47. The molecule has 2 aliphatic rings. The fourth-order valence-electron chi connectivity index (χ4n) is 5.41. The van der Waals surface area contributed by atoms with E-state index in [0.717, 1.165) is 12.8 Å². The Bertz CT molecular complexity index is 1580. The second-order valence-corrected chi connectivity index (χ2v) is 10.00. The van der Waals surface area contributed by atoms with E-state index in [4.69, 9.17) is 11.6 Å². The third-order valence-corrected chi connectivity index (χ3v) is 7.38. The van der Waals surface area contributed by atoms with Crippen LogP contribution in [0.25, 0.3) is 17.2 Å². The maximum Gasteiger partial charge on any atom is 0.389 e. The van der Waals surface area contributed by atoms with E-state index in [-0.39, 0.29) is 35.3 Å². The van der Waals surface area contributed by atoms with E-state index in [0.29, 0.717) is 34.8 Å². The van der Waals surface area contributed by atoms with Crippen LogP contribution in [0.4, 0.5) is 23.4 Å². The largest absolute Gasteiger partial charge is 0.389 e. The zero-order chi connectivity index (χ0) is 25.9. The topological polar surface area (TPSA) is 88.0 Å². The Morgan fingerprint density at radius 1 is 1.22 bits per heavy atom. The number of anilines is 1. The molecule has 4 aromatic rings. The predicted octanol–water partition coefficient (Wildman–Crippen LogP) is 5.28. The maximum atomic E-state index is 15.1. The van der Waals surface area contributed by atoms with Crippen LogP contribution in [-0.2, 0) is 11.8 Å². The minimum Gasteiger partial charge on any atom is -0.368 e. The second-order valence-electron chi connectivity index (χ2n) is 9.56. The molecule has 12 heteroatoms. The van der Waals surface area contributed by atoms with Gasteiger partial charge in [0.2, 0.25) is 0 Å². The van der Waals surface area contributed by atoms with Gasteiger partial charge in [-0.05, 0) is 43.7 Å². The summed E-state index contributed by atoms with van der Waals surface area (Å²) < 4.78 is 54.8. The standard InChI is InChI=1S/C25H21ClF4N6O/c26-14-5-6-15(16(27)10-14)24(13-3-4-13)12-32-21-19(24)23(37)35-20(34-21)18-11-36-9-8-31-22(36)17(33-18)2-1-7-25(28,29)30/h5-6,8-11,13H,1-4,7,12H2,(H2,32,34,35,37). The van der Waals surface area contributed by atoms with E-state index in [9.17, 15) is 18.0 Å². The minimum absolute atomic E-state index is 0.0575. The molecule has 1 unspecified atom stereocenters. The van der Waals surface area contributed by atoms with Gasteiger partial charge in [0, 0.05) is 42.1 Å². The molecule has 6 rings (SSSR count). The summed E-state index contributed by atoms with van der Waals surface area (Å²) in [6, 6.07) is 4.49. The summed E-state index contributed by atoms with van der Waals surface area (Å²) in [6.07, 6.45) is 1.21. The number of aromatic nitrogens is 5. The van der Waals surface area contributed by atoms with Crippen LogP contribution in [0.2, 0.25) is 5.02 Å². The normalized spacial score (nSPS) is 19.3. The molecule has 1 saturated carbocycles. The lowest BCUT2D eigenvalue weighted by Gasteiger charge is -2.29. The minimum atomic E-state index is -4.26. The van der Waals surface area contributed by atoms with E-state index >= 15 is 4.39 Å². The highest BCUT2D eigenvalue weighted by Crippen LogP contribution is 2.55. The lowest BCUT2D eigenvalue weighted by Crippen LogP contribution is -2.38. The number of nitrogens with zero attached hydrogens (tertiary/aromatic N) is 4. The Kier molecular flexibility index (Phi) is 5.52. The summed E-state index contributed by atoms with van der Waals surface area (Å²) in [5.74, 6) is 0.0952. The number of alkyl halides is 3. The third-order valence-electron chi connectivity index (χ3n) is 7.15. The zero-order valence-electron chi connectivity index (χ0n) is 19.4. The van der Waals surface area contributed by atoms with Gasteiger partial charge in [-0.2, -0.15) is 13.2 Å². The van der Waals surface area contributed by atoms with Crippen molar-refractivity contribution in [3.63, 3.8) is 0 Å². The molecule has 0 bridgehead atoms. The average molecular weight is 533 g/mol. The van der Waals surface area contributed by atoms with Crippen molar-refractivity contribution in [3.8, 4) is 11.5 Å². The average Bonchev–Trinajstić information content (AvgIpc) is 3.44. The number of fused-ring (bicyclic) bond motifs is 2. The number of imidazole rings is 1. The van der Waals surface area contributed by atoms with Crippen molar-refractivity contribution in [1.82, 2.24) is 24.3 Å². The molecule has 1 aliphatic carbocycles. The molecular formula is C25H21ClF4N6O. The van der Waals surface area contributed by atoms with E-state index in [1.165, 1.54) is 12.3 Å².